The Balaban J connectivity index is 2.13. The second kappa shape index (κ2) is 6.98. The highest BCUT2D eigenvalue weighted by atomic mass is 16.1. The summed E-state index contributed by atoms with van der Waals surface area (Å²) in [5, 5.41) is 6.13. The van der Waals surface area contributed by atoms with Crippen LogP contribution in [0.5, 0.6) is 0 Å². The van der Waals surface area contributed by atoms with Crippen LogP contribution in [-0.2, 0) is 6.42 Å². The van der Waals surface area contributed by atoms with Crippen LogP contribution < -0.4 is 16.4 Å². The van der Waals surface area contributed by atoms with Gasteiger partial charge in [-0.15, -0.1) is 0 Å². The maximum absolute atomic E-state index is 12.0. The van der Waals surface area contributed by atoms with Crippen LogP contribution in [0.4, 0.5) is 17.1 Å². The fraction of sp³-hybridized carbons (Fsp3) is 0.278. The van der Waals surface area contributed by atoms with Gasteiger partial charge >= 0.3 is 0 Å². The van der Waals surface area contributed by atoms with Gasteiger partial charge in [0.25, 0.3) is 5.91 Å². The van der Waals surface area contributed by atoms with E-state index in [0.717, 1.165) is 17.8 Å². The van der Waals surface area contributed by atoms with Gasteiger partial charge in [0.05, 0.1) is 11.4 Å². The molecule has 0 heterocycles. The lowest BCUT2D eigenvalue weighted by atomic mass is 10.1. The molecule has 0 unspecified atom stereocenters. The molecule has 116 valence electrons. The lowest BCUT2D eigenvalue weighted by Crippen LogP contribution is -2.30. The first-order chi connectivity index (χ1) is 10.5. The first kappa shape index (κ1) is 15.9. The van der Waals surface area contributed by atoms with E-state index in [1.165, 1.54) is 5.56 Å². The third-order valence-electron chi connectivity index (χ3n) is 3.37. The number of carbonyl (C=O) groups excluding carboxylic acids is 1. The van der Waals surface area contributed by atoms with Gasteiger partial charge in [-0.2, -0.15) is 0 Å². The van der Waals surface area contributed by atoms with Crippen molar-refractivity contribution in [3.8, 4) is 0 Å². The minimum Gasteiger partial charge on any atom is -0.397 e. The lowest BCUT2D eigenvalue weighted by molar-refractivity contribution is 0.0943. The van der Waals surface area contributed by atoms with Gasteiger partial charge in [-0.05, 0) is 56.2 Å². The van der Waals surface area contributed by atoms with Crippen LogP contribution in [0.15, 0.2) is 42.5 Å². The minimum atomic E-state index is -0.111. The Kier molecular flexibility index (Phi) is 5.04. The molecular weight excluding hydrogens is 274 g/mol. The molecule has 2 rings (SSSR count). The van der Waals surface area contributed by atoms with Crippen molar-refractivity contribution in [1.82, 2.24) is 5.32 Å². The molecule has 0 bridgehead atoms. The Morgan fingerprint density at radius 3 is 2.36 bits per heavy atom. The van der Waals surface area contributed by atoms with Gasteiger partial charge in [0.2, 0.25) is 0 Å². The maximum atomic E-state index is 12.0. The SMILES string of the molecule is CCc1ccc(Nc2ccc(C(=O)NC(C)C)cc2N)cc1. The van der Waals surface area contributed by atoms with Gasteiger partial charge in [-0.25, -0.2) is 0 Å². The molecule has 4 heteroatoms. The van der Waals surface area contributed by atoms with Crippen molar-refractivity contribution in [2.75, 3.05) is 11.1 Å². The van der Waals surface area contributed by atoms with Crippen LogP contribution in [0.3, 0.4) is 0 Å². The third-order valence-corrected chi connectivity index (χ3v) is 3.37. The highest BCUT2D eigenvalue weighted by Gasteiger charge is 2.09. The molecule has 2 aromatic rings. The molecule has 0 aliphatic rings. The fourth-order valence-corrected chi connectivity index (χ4v) is 2.14. The number of hydrogen-bond donors (Lipinski definition) is 3. The Hall–Kier alpha value is -2.49. The van der Waals surface area contributed by atoms with Crippen LogP contribution in [0.25, 0.3) is 0 Å². The van der Waals surface area contributed by atoms with Gasteiger partial charge in [-0.1, -0.05) is 19.1 Å². The number of nitrogens with one attached hydrogen (secondary N) is 2. The normalized spacial score (nSPS) is 10.5. The monoisotopic (exact) mass is 297 g/mol. The highest BCUT2D eigenvalue weighted by Crippen LogP contribution is 2.24. The molecule has 1 amide bonds. The number of benzene rings is 2. The van der Waals surface area contributed by atoms with Crippen molar-refractivity contribution in [1.29, 1.82) is 0 Å². The second-order valence-electron chi connectivity index (χ2n) is 5.61. The number of amides is 1. The number of nitrogen functional groups attached to an aromatic ring is 1. The first-order valence-electron chi connectivity index (χ1n) is 7.56. The molecule has 0 fully saturated rings. The zero-order valence-electron chi connectivity index (χ0n) is 13.3. The van der Waals surface area contributed by atoms with Gasteiger partial charge in [0.15, 0.2) is 0 Å². The number of anilines is 3. The Bertz CT molecular complexity index is 648. The van der Waals surface area contributed by atoms with Crippen molar-refractivity contribution in [3.05, 3.63) is 53.6 Å². The first-order valence-corrected chi connectivity index (χ1v) is 7.56. The average Bonchev–Trinajstić information content (AvgIpc) is 2.49. The van der Waals surface area contributed by atoms with E-state index in [9.17, 15) is 4.79 Å². The van der Waals surface area contributed by atoms with Gasteiger partial charge < -0.3 is 16.4 Å². The van der Waals surface area contributed by atoms with Crippen LogP contribution in [-0.4, -0.2) is 11.9 Å². The van der Waals surface area contributed by atoms with Gasteiger partial charge in [-0.3, -0.25) is 4.79 Å². The van der Waals surface area contributed by atoms with Gasteiger partial charge in [0, 0.05) is 17.3 Å². The van der Waals surface area contributed by atoms with E-state index in [2.05, 4.69) is 29.7 Å². The van der Waals surface area contributed by atoms with E-state index in [4.69, 9.17) is 5.73 Å². The molecule has 0 aliphatic heterocycles. The molecule has 0 saturated carbocycles. The highest BCUT2D eigenvalue weighted by molar-refractivity contribution is 5.96. The third kappa shape index (κ3) is 4.01. The van der Waals surface area contributed by atoms with Crippen LogP contribution in [0.2, 0.25) is 0 Å². The summed E-state index contributed by atoms with van der Waals surface area (Å²) in [7, 11) is 0. The summed E-state index contributed by atoms with van der Waals surface area (Å²) in [5.74, 6) is -0.111. The zero-order chi connectivity index (χ0) is 16.1. The fourth-order valence-electron chi connectivity index (χ4n) is 2.14. The number of carbonyl (C=O) groups is 1. The molecule has 0 aliphatic carbocycles. The van der Waals surface area contributed by atoms with E-state index in [1.54, 1.807) is 12.1 Å². The summed E-state index contributed by atoms with van der Waals surface area (Å²) < 4.78 is 0. The summed E-state index contributed by atoms with van der Waals surface area (Å²) in [6.07, 6.45) is 1.02. The molecule has 0 atom stereocenters. The Morgan fingerprint density at radius 2 is 1.82 bits per heavy atom. The van der Waals surface area contributed by atoms with E-state index >= 15 is 0 Å². The topological polar surface area (TPSA) is 67.2 Å². The molecule has 2 aromatic carbocycles. The summed E-state index contributed by atoms with van der Waals surface area (Å²) >= 11 is 0. The quantitative estimate of drug-likeness (QED) is 0.737. The predicted octanol–water partition coefficient (Wildman–Crippen LogP) is 3.71. The van der Waals surface area contributed by atoms with Gasteiger partial charge in [0.1, 0.15) is 0 Å². The number of nitrogens with two attached hydrogens (primary N) is 1. The molecule has 0 radical (unpaired) electrons. The van der Waals surface area contributed by atoms with E-state index in [-0.39, 0.29) is 11.9 Å². The number of rotatable bonds is 5. The molecule has 4 N–H and O–H groups in total. The second-order valence-corrected chi connectivity index (χ2v) is 5.61. The maximum Gasteiger partial charge on any atom is 0.251 e. The van der Waals surface area contributed by atoms with Crippen molar-refractivity contribution < 1.29 is 4.79 Å². The Morgan fingerprint density at radius 1 is 1.14 bits per heavy atom. The lowest BCUT2D eigenvalue weighted by Gasteiger charge is -2.12. The summed E-state index contributed by atoms with van der Waals surface area (Å²) in [6, 6.07) is 13.6. The summed E-state index contributed by atoms with van der Waals surface area (Å²) in [6.45, 7) is 5.98. The van der Waals surface area contributed by atoms with Crippen molar-refractivity contribution in [2.24, 2.45) is 0 Å². The Labute approximate surface area is 131 Å². The van der Waals surface area contributed by atoms with Crippen molar-refractivity contribution in [3.63, 3.8) is 0 Å². The average molecular weight is 297 g/mol. The van der Waals surface area contributed by atoms with E-state index in [1.807, 2.05) is 32.0 Å². The minimum absolute atomic E-state index is 0.101. The van der Waals surface area contributed by atoms with Crippen LogP contribution in [0.1, 0.15) is 36.7 Å². The van der Waals surface area contributed by atoms with Crippen molar-refractivity contribution >= 4 is 23.0 Å². The summed E-state index contributed by atoms with van der Waals surface area (Å²) in [4.78, 5) is 12.0. The van der Waals surface area contributed by atoms with E-state index in [0.29, 0.717) is 11.3 Å². The number of hydrogen-bond acceptors (Lipinski definition) is 3. The molecular formula is C18H23N3O. The van der Waals surface area contributed by atoms with Crippen LogP contribution >= 0.6 is 0 Å². The molecule has 4 nitrogen and oxygen atoms in total. The zero-order valence-corrected chi connectivity index (χ0v) is 13.3. The summed E-state index contributed by atoms with van der Waals surface area (Å²) in [5.41, 5.74) is 10.2. The smallest absolute Gasteiger partial charge is 0.251 e. The van der Waals surface area contributed by atoms with Crippen molar-refractivity contribution in [2.45, 2.75) is 33.2 Å². The molecule has 0 aromatic heterocycles. The number of aryl methyl sites for hydroxylation is 1. The molecule has 22 heavy (non-hydrogen) atoms. The standard InChI is InChI=1S/C18H23N3O/c1-4-13-5-8-15(9-6-13)21-17-10-7-14(11-16(17)19)18(22)20-12(2)3/h5-12,21H,4,19H2,1-3H3,(H,20,22). The van der Waals surface area contributed by atoms with E-state index < -0.39 is 0 Å². The molecule has 0 saturated heterocycles. The molecule has 0 spiro atoms. The largest absolute Gasteiger partial charge is 0.397 e. The predicted molar refractivity (Wildman–Crippen MR) is 92.6 cm³/mol. The van der Waals surface area contributed by atoms with Crippen LogP contribution in [0, 0.1) is 0 Å².